The molecule has 0 unspecified atom stereocenters. The number of nitrogens with zero attached hydrogens (tertiary/aromatic N) is 2. The second kappa shape index (κ2) is 8.86. The quantitative estimate of drug-likeness (QED) is 0.360. The van der Waals surface area contributed by atoms with Gasteiger partial charge in [-0.15, -0.1) is 13.2 Å². The second-order valence-corrected chi connectivity index (χ2v) is 8.09. The molecule has 7 nitrogen and oxygen atoms in total. The second-order valence-electron chi connectivity index (χ2n) is 8.09. The Morgan fingerprint density at radius 2 is 1.88 bits per heavy atom. The van der Waals surface area contributed by atoms with Crippen molar-refractivity contribution in [3.63, 3.8) is 0 Å². The monoisotopic (exact) mass is 469 g/mol. The van der Waals surface area contributed by atoms with E-state index in [0.717, 1.165) is 42.4 Å². The fraction of sp³-hybridized carbons (Fsp3) is 0.250. The normalized spacial score (nSPS) is 16.5. The lowest BCUT2D eigenvalue weighted by Crippen LogP contribution is -2.37. The van der Waals surface area contributed by atoms with Gasteiger partial charge < -0.3 is 25.5 Å². The maximum Gasteiger partial charge on any atom is 0.573 e. The molecule has 176 valence electrons. The van der Waals surface area contributed by atoms with Crippen molar-refractivity contribution in [2.45, 2.75) is 25.3 Å². The van der Waals surface area contributed by atoms with Crippen molar-refractivity contribution in [2.24, 2.45) is 0 Å². The highest BCUT2D eigenvalue weighted by molar-refractivity contribution is 5.97. The first-order chi connectivity index (χ1) is 16.4. The van der Waals surface area contributed by atoms with Gasteiger partial charge >= 0.3 is 6.36 Å². The van der Waals surface area contributed by atoms with Crippen LogP contribution >= 0.6 is 0 Å². The van der Waals surface area contributed by atoms with Crippen LogP contribution in [-0.4, -0.2) is 40.5 Å². The van der Waals surface area contributed by atoms with Crippen molar-refractivity contribution >= 4 is 16.6 Å². The Kier molecular flexibility index (Phi) is 5.74. The molecule has 0 saturated carbocycles. The number of alkyl halides is 3. The Labute approximate surface area is 193 Å². The summed E-state index contributed by atoms with van der Waals surface area (Å²) >= 11 is 0. The van der Waals surface area contributed by atoms with E-state index in [-0.39, 0.29) is 11.8 Å². The SMILES string of the molecule is Nc1ccc(-c2ccc3[nH]cc(-c4cncc(O[C@@H]5CCCNC5)n4)c3c2)cc1OC(F)(F)F. The van der Waals surface area contributed by atoms with Crippen molar-refractivity contribution in [1.29, 1.82) is 0 Å². The van der Waals surface area contributed by atoms with E-state index in [2.05, 4.69) is 25.0 Å². The molecular formula is C24H22F3N5O2. The predicted molar refractivity (Wildman–Crippen MR) is 122 cm³/mol. The van der Waals surface area contributed by atoms with E-state index in [9.17, 15) is 13.2 Å². The molecule has 34 heavy (non-hydrogen) atoms. The number of aromatic amines is 1. The van der Waals surface area contributed by atoms with Gasteiger partial charge in [-0.2, -0.15) is 0 Å². The van der Waals surface area contributed by atoms with Gasteiger partial charge in [-0.25, -0.2) is 4.98 Å². The van der Waals surface area contributed by atoms with Crippen LogP contribution < -0.4 is 20.5 Å². The van der Waals surface area contributed by atoms with E-state index in [0.29, 0.717) is 22.7 Å². The summed E-state index contributed by atoms with van der Waals surface area (Å²) in [6.07, 6.45) is 2.29. The Morgan fingerprint density at radius 3 is 2.68 bits per heavy atom. The van der Waals surface area contributed by atoms with E-state index in [1.165, 1.54) is 12.1 Å². The summed E-state index contributed by atoms with van der Waals surface area (Å²) in [7, 11) is 0. The van der Waals surface area contributed by atoms with Crippen LogP contribution in [-0.2, 0) is 0 Å². The zero-order chi connectivity index (χ0) is 23.7. The summed E-state index contributed by atoms with van der Waals surface area (Å²) in [5.74, 6) is 0.0106. The maximum absolute atomic E-state index is 12.7. The van der Waals surface area contributed by atoms with Crippen LogP contribution in [0.4, 0.5) is 18.9 Å². The van der Waals surface area contributed by atoms with Crippen LogP contribution in [0.2, 0.25) is 0 Å². The number of nitrogen functional groups attached to an aromatic ring is 1. The third-order valence-corrected chi connectivity index (χ3v) is 5.68. The Balaban J connectivity index is 1.47. The number of anilines is 1. The molecule has 4 N–H and O–H groups in total. The molecule has 1 aliphatic heterocycles. The zero-order valence-electron chi connectivity index (χ0n) is 18.0. The number of halogens is 3. The van der Waals surface area contributed by atoms with E-state index in [4.69, 9.17) is 10.5 Å². The maximum atomic E-state index is 12.7. The molecule has 2 aromatic carbocycles. The highest BCUT2D eigenvalue weighted by atomic mass is 19.4. The van der Waals surface area contributed by atoms with Crippen LogP contribution in [0.25, 0.3) is 33.3 Å². The summed E-state index contributed by atoms with van der Waals surface area (Å²) in [6, 6.07) is 9.87. The number of nitrogens with two attached hydrogens (primary N) is 1. The van der Waals surface area contributed by atoms with Gasteiger partial charge in [0.1, 0.15) is 6.10 Å². The summed E-state index contributed by atoms with van der Waals surface area (Å²) in [6.45, 7) is 1.76. The smallest absolute Gasteiger partial charge is 0.472 e. The number of aromatic nitrogens is 3. The van der Waals surface area contributed by atoms with Crippen molar-refractivity contribution < 1.29 is 22.6 Å². The van der Waals surface area contributed by atoms with Crippen LogP contribution in [0.5, 0.6) is 11.6 Å². The summed E-state index contributed by atoms with van der Waals surface area (Å²) in [5.41, 5.74) is 9.10. The molecule has 5 rings (SSSR count). The van der Waals surface area contributed by atoms with E-state index >= 15 is 0 Å². The average Bonchev–Trinajstić information content (AvgIpc) is 3.24. The summed E-state index contributed by atoms with van der Waals surface area (Å²) in [5, 5.41) is 4.15. The first-order valence-corrected chi connectivity index (χ1v) is 10.8. The first-order valence-electron chi connectivity index (χ1n) is 10.8. The van der Waals surface area contributed by atoms with Gasteiger partial charge in [0, 0.05) is 29.2 Å². The molecule has 10 heteroatoms. The van der Waals surface area contributed by atoms with Crippen LogP contribution in [0.3, 0.4) is 0 Å². The number of ether oxygens (including phenoxy) is 2. The fourth-order valence-electron chi connectivity index (χ4n) is 4.06. The standard InChI is InChI=1S/C24H22F3N5O2/c25-24(26,27)34-22-9-15(3-5-19(22)28)14-4-6-20-17(8-14)18(11-31-20)21-12-30-13-23(32-21)33-16-2-1-7-29-10-16/h3-6,8-9,11-13,16,29,31H,1-2,7,10,28H2/t16-/m1/s1. The van der Waals surface area contributed by atoms with Gasteiger partial charge in [0.2, 0.25) is 5.88 Å². The molecule has 1 saturated heterocycles. The van der Waals surface area contributed by atoms with Crippen molar-refractivity contribution in [2.75, 3.05) is 18.8 Å². The van der Waals surface area contributed by atoms with Gasteiger partial charge in [-0.3, -0.25) is 4.98 Å². The van der Waals surface area contributed by atoms with Crippen molar-refractivity contribution in [1.82, 2.24) is 20.3 Å². The zero-order valence-corrected chi connectivity index (χ0v) is 18.0. The number of hydrogen-bond donors (Lipinski definition) is 3. The molecule has 0 bridgehead atoms. The molecule has 0 spiro atoms. The molecule has 2 aromatic heterocycles. The third-order valence-electron chi connectivity index (χ3n) is 5.68. The molecule has 1 atom stereocenters. The lowest BCUT2D eigenvalue weighted by atomic mass is 10.0. The predicted octanol–water partition coefficient (Wildman–Crippen LogP) is 4.90. The molecule has 0 radical (unpaired) electrons. The lowest BCUT2D eigenvalue weighted by molar-refractivity contribution is -0.274. The molecule has 0 amide bonds. The van der Waals surface area contributed by atoms with Gasteiger partial charge in [-0.05, 0) is 54.8 Å². The van der Waals surface area contributed by atoms with E-state index in [1.807, 2.05) is 24.4 Å². The van der Waals surface area contributed by atoms with Gasteiger partial charge in [0.15, 0.2) is 5.75 Å². The highest BCUT2D eigenvalue weighted by Crippen LogP contribution is 2.36. The number of H-pyrrole nitrogens is 1. The topological polar surface area (TPSA) is 98.1 Å². The van der Waals surface area contributed by atoms with E-state index in [1.54, 1.807) is 18.5 Å². The fourth-order valence-corrected chi connectivity index (χ4v) is 4.06. The first kappa shape index (κ1) is 22.0. The molecular weight excluding hydrogens is 447 g/mol. The number of rotatable bonds is 5. The van der Waals surface area contributed by atoms with Crippen molar-refractivity contribution in [3.05, 3.63) is 55.0 Å². The third kappa shape index (κ3) is 4.76. The van der Waals surface area contributed by atoms with Gasteiger partial charge in [0.05, 0.1) is 23.8 Å². The van der Waals surface area contributed by atoms with Gasteiger partial charge in [0.25, 0.3) is 0 Å². The van der Waals surface area contributed by atoms with Crippen molar-refractivity contribution in [3.8, 4) is 34.0 Å². The van der Waals surface area contributed by atoms with Crippen LogP contribution in [0.15, 0.2) is 55.0 Å². The molecule has 4 aromatic rings. The number of nitrogens with one attached hydrogen (secondary N) is 2. The Hall–Kier alpha value is -3.79. The minimum absolute atomic E-state index is 0.0477. The van der Waals surface area contributed by atoms with E-state index < -0.39 is 12.1 Å². The summed E-state index contributed by atoms with van der Waals surface area (Å²) < 4.78 is 48.3. The van der Waals surface area contributed by atoms with Crippen LogP contribution in [0, 0.1) is 0 Å². The molecule has 1 aliphatic rings. The number of benzene rings is 2. The lowest BCUT2D eigenvalue weighted by Gasteiger charge is -2.23. The number of hydrogen-bond acceptors (Lipinski definition) is 6. The van der Waals surface area contributed by atoms with Crippen LogP contribution in [0.1, 0.15) is 12.8 Å². The minimum atomic E-state index is -4.83. The molecule has 1 fully saturated rings. The average molecular weight is 469 g/mol. The number of piperidine rings is 1. The summed E-state index contributed by atoms with van der Waals surface area (Å²) in [4.78, 5) is 12.1. The Bertz CT molecular complexity index is 1320. The highest BCUT2D eigenvalue weighted by Gasteiger charge is 2.32. The Morgan fingerprint density at radius 1 is 1.06 bits per heavy atom. The molecule has 3 heterocycles. The molecule has 0 aliphatic carbocycles. The minimum Gasteiger partial charge on any atom is -0.472 e. The number of fused-ring (bicyclic) bond motifs is 1. The largest absolute Gasteiger partial charge is 0.573 e. The van der Waals surface area contributed by atoms with Gasteiger partial charge in [-0.1, -0.05) is 12.1 Å².